The van der Waals surface area contributed by atoms with Gasteiger partial charge in [-0.15, -0.1) is 0 Å². The molecular formula is C12H13ClN4O2. The lowest BCUT2D eigenvalue weighted by atomic mass is 10.1. The van der Waals surface area contributed by atoms with Gasteiger partial charge in [-0.25, -0.2) is 4.98 Å². The molecule has 0 saturated carbocycles. The fourth-order valence-corrected chi connectivity index (χ4v) is 2.63. The molecule has 2 N–H and O–H groups in total. The summed E-state index contributed by atoms with van der Waals surface area (Å²) in [6.07, 6.45) is 1.60. The molecule has 7 heteroatoms. The second kappa shape index (κ2) is 4.79. The Hall–Kier alpha value is -1.66. The maximum absolute atomic E-state index is 12.1. The first-order valence-electron chi connectivity index (χ1n) is 6.18. The molecule has 0 amide bonds. The third-order valence-electron chi connectivity index (χ3n) is 3.40. The van der Waals surface area contributed by atoms with E-state index in [4.69, 9.17) is 11.6 Å². The van der Waals surface area contributed by atoms with Gasteiger partial charge in [0.1, 0.15) is 5.15 Å². The van der Waals surface area contributed by atoms with E-state index >= 15 is 0 Å². The summed E-state index contributed by atoms with van der Waals surface area (Å²) in [4.78, 5) is 30.6. The monoisotopic (exact) mass is 280 g/mol. The van der Waals surface area contributed by atoms with Crippen LogP contribution in [-0.2, 0) is 0 Å². The lowest BCUT2D eigenvalue weighted by molar-refractivity contribution is 0.366. The van der Waals surface area contributed by atoms with Gasteiger partial charge in [0, 0.05) is 6.04 Å². The molecule has 3 heterocycles. The molecule has 0 atom stereocenters. The molecular weight excluding hydrogens is 268 g/mol. The molecule has 1 aliphatic rings. The van der Waals surface area contributed by atoms with Crippen molar-refractivity contribution in [1.29, 1.82) is 0 Å². The number of halogens is 1. The first kappa shape index (κ1) is 12.4. The number of nitrogens with zero attached hydrogens (tertiary/aromatic N) is 2. The highest BCUT2D eigenvalue weighted by Gasteiger charge is 2.20. The van der Waals surface area contributed by atoms with Crippen molar-refractivity contribution < 1.29 is 0 Å². The molecule has 0 unspecified atom stereocenters. The van der Waals surface area contributed by atoms with Crippen LogP contribution in [0.2, 0.25) is 5.15 Å². The SMILES string of the molecule is O=c1[nH]c2ccc(Cl)nc2n(C2CCNCC2)c1=O. The van der Waals surface area contributed by atoms with Crippen molar-refractivity contribution in [2.45, 2.75) is 18.9 Å². The Morgan fingerprint density at radius 3 is 2.74 bits per heavy atom. The van der Waals surface area contributed by atoms with E-state index in [-0.39, 0.29) is 6.04 Å². The summed E-state index contributed by atoms with van der Waals surface area (Å²) in [6.45, 7) is 1.65. The smallest absolute Gasteiger partial charge is 0.317 e. The minimum absolute atomic E-state index is 0.00971. The number of fused-ring (bicyclic) bond motifs is 1. The van der Waals surface area contributed by atoms with Crippen LogP contribution < -0.4 is 16.4 Å². The molecule has 1 aliphatic heterocycles. The minimum Gasteiger partial charge on any atom is -0.317 e. The molecule has 19 heavy (non-hydrogen) atoms. The number of piperidine rings is 1. The summed E-state index contributed by atoms with van der Waals surface area (Å²) in [5.41, 5.74) is -0.194. The Morgan fingerprint density at radius 2 is 2.00 bits per heavy atom. The number of rotatable bonds is 1. The number of hydrogen-bond donors (Lipinski definition) is 2. The zero-order valence-electron chi connectivity index (χ0n) is 10.1. The van der Waals surface area contributed by atoms with Crippen molar-refractivity contribution >= 4 is 22.8 Å². The standard InChI is InChI=1S/C12H13ClN4O2/c13-9-2-1-8-10(16-9)17(12(19)11(18)15-8)7-3-5-14-6-4-7/h1-2,7,14H,3-6H2,(H,15,18). The molecule has 0 bridgehead atoms. The summed E-state index contributed by atoms with van der Waals surface area (Å²) < 4.78 is 1.49. The molecule has 2 aromatic rings. The Kier molecular flexibility index (Phi) is 3.12. The van der Waals surface area contributed by atoms with Crippen molar-refractivity contribution in [3.05, 3.63) is 38.0 Å². The van der Waals surface area contributed by atoms with Gasteiger partial charge in [-0.3, -0.25) is 14.2 Å². The predicted molar refractivity (Wildman–Crippen MR) is 72.8 cm³/mol. The summed E-state index contributed by atoms with van der Waals surface area (Å²) in [7, 11) is 0. The lowest BCUT2D eigenvalue weighted by Crippen LogP contribution is -2.41. The van der Waals surface area contributed by atoms with Crippen molar-refractivity contribution in [2.24, 2.45) is 0 Å². The number of pyridine rings is 1. The van der Waals surface area contributed by atoms with E-state index in [2.05, 4.69) is 15.3 Å². The number of aromatic amines is 1. The molecule has 1 fully saturated rings. The molecule has 100 valence electrons. The third kappa shape index (κ3) is 2.17. The Morgan fingerprint density at radius 1 is 1.26 bits per heavy atom. The first-order chi connectivity index (χ1) is 9.16. The van der Waals surface area contributed by atoms with E-state index in [9.17, 15) is 9.59 Å². The lowest BCUT2D eigenvalue weighted by Gasteiger charge is -2.25. The average Bonchev–Trinajstić information content (AvgIpc) is 2.42. The zero-order valence-corrected chi connectivity index (χ0v) is 10.9. The summed E-state index contributed by atoms with van der Waals surface area (Å²) in [5, 5.41) is 3.54. The topological polar surface area (TPSA) is 79.8 Å². The van der Waals surface area contributed by atoms with Crippen molar-refractivity contribution in [3.63, 3.8) is 0 Å². The van der Waals surface area contributed by atoms with E-state index in [1.807, 2.05) is 0 Å². The Labute approximate surface area is 113 Å². The van der Waals surface area contributed by atoms with Crippen LogP contribution in [0.5, 0.6) is 0 Å². The van der Waals surface area contributed by atoms with Crippen LogP contribution >= 0.6 is 11.6 Å². The van der Waals surface area contributed by atoms with Gasteiger partial charge in [-0.05, 0) is 38.1 Å². The third-order valence-corrected chi connectivity index (χ3v) is 3.61. The van der Waals surface area contributed by atoms with Gasteiger partial charge in [-0.2, -0.15) is 0 Å². The molecule has 0 aromatic carbocycles. The molecule has 6 nitrogen and oxygen atoms in total. The highest BCUT2D eigenvalue weighted by molar-refractivity contribution is 6.29. The van der Waals surface area contributed by atoms with Crippen LogP contribution in [0.25, 0.3) is 11.2 Å². The number of hydrogen-bond acceptors (Lipinski definition) is 4. The molecule has 0 radical (unpaired) electrons. The van der Waals surface area contributed by atoms with E-state index < -0.39 is 11.1 Å². The van der Waals surface area contributed by atoms with Crippen LogP contribution in [0.15, 0.2) is 21.7 Å². The molecule has 3 rings (SSSR count). The quantitative estimate of drug-likeness (QED) is 0.594. The second-order valence-electron chi connectivity index (χ2n) is 4.62. The van der Waals surface area contributed by atoms with Gasteiger partial charge in [0.15, 0.2) is 5.65 Å². The van der Waals surface area contributed by atoms with E-state index in [0.29, 0.717) is 16.3 Å². The van der Waals surface area contributed by atoms with Gasteiger partial charge in [-0.1, -0.05) is 11.6 Å². The van der Waals surface area contributed by atoms with Gasteiger partial charge in [0.2, 0.25) is 0 Å². The highest BCUT2D eigenvalue weighted by atomic mass is 35.5. The Balaban J connectivity index is 2.30. The van der Waals surface area contributed by atoms with Crippen LogP contribution in [-0.4, -0.2) is 27.6 Å². The van der Waals surface area contributed by atoms with Crippen molar-refractivity contribution in [3.8, 4) is 0 Å². The largest absolute Gasteiger partial charge is 0.318 e. The highest BCUT2D eigenvalue weighted by Crippen LogP contribution is 2.20. The number of aromatic nitrogens is 3. The molecule has 1 saturated heterocycles. The molecule has 2 aromatic heterocycles. The van der Waals surface area contributed by atoms with E-state index in [1.54, 1.807) is 12.1 Å². The Bertz CT molecular complexity index is 731. The van der Waals surface area contributed by atoms with Gasteiger partial charge in [0.05, 0.1) is 5.52 Å². The van der Waals surface area contributed by atoms with Crippen LogP contribution in [0.1, 0.15) is 18.9 Å². The molecule has 0 spiro atoms. The molecule has 0 aliphatic carbocycles. The zero-order chi connectivity index (χ0) is 13.4. The minimum atomic E-state index is -0.616. The number of H-pyrrole nitrogens is 1. The van der Waals surface area contributed by atoms with Crippen molar-refractivity contribution in [2.75, 3.05) is 13.1 Å². The predicted octanol–water partition coefficient (Wildman–Crippen LogP) is 0.663. The average molecular weight is 281 g/mol. The van der Waals surface area contributed by atoms with Crippen molar-refractivity contribution in [1.82, 2.24) is 19.9 Å². The fourth-order valence-electron chi connectivity index (χ4n) is 2.49. The summed E-state index contributed by atoms with van der Waals surface area (Å²) in [6, 6.07) is 3.25. The van der Waals surface area contributed by atoms with E-state index in [0.717, 1.165) is 25.9 Å². The second-order valence-corrected chi connectivity index (χ2v) is 5.00. The first-order valence-corrected chi connectivity index (χ1v) is 6.56. The fraction of sp³-hybridized carbons (Fsp3) is 0.417. The number of nitrogens with one attached hydrogen (secondary N) is 2. The maximum Gasteiger partial charge on any atom is 0.318 e. The summed E-state index contributed by atoms with van der Waals surface area (Å²) >= 11 is 5.89. The summed E-state index contributed by atoms with van der Waals surface area (Å²) in [5.74, 6) is 0. The van der Waals surface area contributed by atoms with Gasteiger partial charge < -0.3 is 10.3 Å². The van der Waals surface area contributed by atoms with Gasteiger partial charge >= 0.3 is 11.1 Å². The van der Waals surface area contributed by atoms with Crippen LogP contribution in [0.4, 0.5) is 0 Å². The van der Waals surface area contributed by atoms with Crippen LogP contribution in [0.3, 0.4) is 0 Å². The maximum atomic E-state index is 12.1. The van der Waals surface area contributed by atoms with Gasteiger partial charge in [0.25, 0.3) is 0 Å². The van der Waals surface area contributed by atoms with E-state index in [1.165, 1.54) is 4.57 Å². The normalized spacial score (nSPS) is 16.9. The van der Waals surface area contributed by atoms with Crippen LogP contribution in [0, 0.1) is 0 Å².